The molecule has 0 aliphatic rings. The van der Waals surface area contributed by atoms with Crippen molar-refractivity contribution in [2.75, 3.05) is 0 Å². The highest BCUT2D eigenvalue weighted by molar-refractivity contribution is 5.96. The van der Waals surface area contributed by atoms with E-state index in [1.807, 2.05) is 43.7 Å². The van der Waals surface area contributed by atoms with Crippen LogP contribution in [0.3, 0.4) is 0 Å². The molecule has 1 atom stereocenters. The van der Waals surface area contributed by atoms with Gasteiger partial charge in [0, 0.05) is 17.1 Å². The second-order valence-electron chi connectivity index (χ2n) is 6.08. The number of nitrogens with zero attached hydrogens (tertiary/aromatic N) is 2. The van der Waals surface area contributed by atoms with E-state index in [2.05, 4.69) is 15.4 Å². The molecule has 1 unspecified atom stereocenters. The van der Waals surface area contributed by atoms with Crippen LogP contribution in [0.5, 0.6) is 0 Å². The van der Waals surface area contributed by atoms with Crippen molar-refractivity contribution in [2.45, 2.75) is 33.4 Å². The molecule has 6 heteroatoms. The second kappa shape index (κ2) is 6.31. The van der Waals surface area contributed by atoms with Crippen molar-refractivity contribution in [3.8, 4) is 0 Å². The minimum absolute atomic E-state index is 0.120. The number of aryl methyl sites for hydroxylation is 2. The largest absolute Gasteiger partial charge is 0.346 e. The van der Waals surface area contributed by atoms with Crippen molar-refractivity contribution >= 4 is 16.7 Å². The van der Waals surface area contributed by atoms with Gasteiger partial charge in [0.2, 0.25) is 0 Å². The van der Waals surface area contributed by atoms with Gasteiger partial charge in [-0.1, -0.05) is 18.2 Å². The van der Waals surface area contributed by atoms with Gasteiger partial charge >= 0.3 is 0 Å². The van der Waals surface area contributed by atoms with E-state index in [4.69, 9.17) is 0 Å². The zero-order valence-corrected chi connectivity index (χ0v) is 14.0. The number of H-pyrrole nitrogens is 1. The van der Waals surface area contributed by atoms with Crippen molar-refractivity contribution in [1.82, 2.24) is 20.1 Å². The molecular formula is C18H20N4O2. The van der Waals surface area contributed by atoms with E-state index in [1.54, 1.807) is 18.2 Å². The normalized spacial score (nSPS) is 12.3. The number of carbonyl (C=O) groups is 1. The van der Waals surface area contributed by atoms with E-state index in [0.717, 1.165) is 16.8 Å². The van der Waals surface area contributed by atoms with Gasteiger partial charge in [-0.05, 0) is 44.4 Å². The number of rotatable bonds is 4. The Balaban J connectivity index is 1.77. The van der Waals surface area contributed by atoms with Crippen molar-refractivity contribution in [3.05, 3.63) is 63.8 Å². The lowest BCUT2D eigenvalue weighted by Gasteiger charge is -2.15. The summed E-state index contributed by atoms with van der Waals surface area (Å²) in [5.41, 5.74) is 2.00. The van der Waals surface area contributed by atoms with Crippen LogP contribution in [0.15, 0.2) is 41.2 Å². The first-order valence-corrected chi connectivity index (χ1v) is 7.88. The Morgan fingerprint density at radius 3 is 2.75 bits per heavy atom. The smallest absolute Gasteiger partial charge is 0.268 e. The van der Waals surface area contributed by atoms with Crippen LogP contribution >= 0.6 is 0 Å². The third kappa shape index (κ3) is 3.22. The molecule has 3 aromatic rings. The van der Waals surface area contributed by atoms with E-state index in [9.17, 15) is 9.59 Å². The molecule has 0 spiro atoms. The molecule has 0 fully saturated rings. The molecule has 2 heterocycles. The summed E-state index contributed by atoms with van der Waals surface area (Å²) in [5, 5.41) is 8.62. The molecule has 0 saturated heterocycles. The van der Waals surface area contributed by atoms with Crippen molar-refractivity contribution in [2.24, 2.45) is 0 Å². The van der Waals surface area contributed by atoms with Gasteiger partial charge in [0.05, 0.1) is 12.2 Å². The first-order valence-electron chi connectivity index (χ1n) is 7.88. The fourth-order valence-electron chi connectivity index (χ4n) is 2.80. The van der Waals surface area contributed by atoms with Gasteiger partial charge in [-0.2, -0.15) is 5.10 Å². The molecule has 1 aromatic carbocycles. The Kier molecular flexibility index (Phi) is 4.20. The third-order valence-electron chi connectivity index (χ3n) is 3.93. The van der Waals surface area contributed by atoms with Crippen LogP contribution in [-0.2, 0) is 6.54 Å². The number of pyridine rings is 1. The van der Waals surface area contributed by atoms with Gasteiger partial charge in [0.15, 0.2) is 0 Å². The standard InChI is InChI=1S/C18H20N4O2/c1-11-8-13(3)22(21-11)10-12(2)19-18(24)16-9-14-6-4-5-7-15(14)17(23)20-16/h4-9,12H,10H2,1-3H3,(H,19,24)(H,20,23). The number of aromatic amines is 1. The lowest BCUT2D eigenvalue weighted by molar-refractivity contribution is 0.0930. The predicted octanol–water partition coefficient (Wildman–Crippen LogP) is 2.16. The summed E-state index contributed by atoms with van der Waals surface area (Å²) in [6.07, 6.45) is 0. The molecule has 124 valence electrons. The van der Waals surface area contributed by atoms with E-state index in [-0.39, 0.29) is 23.2 Å². The SMILES string of the molecule is Cc1cc(C)n(CC(C)NC(=O)c2cc3ccccc3c(=O)[nH]2)n1. The first-order chi connectivity index (χ1) is 11.4. The van der Waals surface area contributed by atoms with Crippen LogP contribution in [0.1, 0.15) is 28.8 Å². The molecule has 2 N–H and O–H groups in total. The van der Waals surface area contributed by atoms with Gasteiger partial charge in [-0.3, -0.25) is 14.3 Å². The van der Waals surface area contributed by atoms with E-state index >= 15 is 0 Å². The molecular weight excluding hydrogens is 304 g/mol. The minimum Gasteiger partial charge on any atom is -0.346 e. The van der Waals surface area contributed by atoms with E-state index in [0.29, 0.717) is 11.9 Å². The molecule has 6 nitrogen and oxygen atoms in total. The summed E-state index contributed by atoms with van der Waals surface area (Å²) in [7, 11) is 0. The maximum Gasteiger partial charge on any atom is 0.268 e. The van der Waals surface area contributed by atoms with Gasteiger partial charge in [-0.15, -0.1) is 0 Å². The summed E-state index contributed by atoms with van der Waals surface area (Å²) in [6.45, 7) is 6.40. The lowest BCUT2D eigenvalue weighted by atomic mass is 10.1. The fraction of sp³-hybridized carbons (Fsp3) is 0.278. The van der Waals surface area contributed by atoms with Crippen molar-refractivity contribution in [3.63, 3.8) is 0 Å². The molecule has 0 aliphatic carbocycles. The highest BCUT2D eigenvalue weighted by Gasteiger charge is 2.14. The molecule has 0 saturated carbocycles. The van der Waals surface area contributed by atoms with Crippen molar-refractivity contribution in [1.29, 1.82) is 0 Å². The molecule has 2 aromatic heterocycles. The molecule has 0 aliphatic heterocycles. The Labute approximate surface area is 139 Å². The van der Waals surface area contributed by atoms with Gasteiger partial charge in [-0.25, -0.2) is 0 Å². The zero-order valence-electron chi connectivity index (χ0n) is 14.0. The highest BCUT2D eigenvalue weighted by atomic mass is 16.2. The summed E-state index contributed by atoms with van der Waals surface area (Å²) in [5.74, 6) is -0.299. The van der Waals surface area contributed by atoms with Crippen LogP contribution < -0.4 is 10.9 Å². The van der Waals surface area contributed by atoms with E-state index < -0.39 is 0 Å². The average molecular weight is 324 g/mol. The molecule has 0 radical (unpaired) electrons. The molecule has 24 heavy (non-hydrogen) atoms. The Hall–Kier alpha value is -2.89. The third-order valence-corrected chi connectivity index (χ3v) is 3.93. The monoisotopic (exact) mass is 324 g/mol. The second-order valence-corrected chi connectivity index (χ2v) is 6.08. The summed E-state index contributed by atoms with van der Waals surface area (Å²) in [6, 6.07) is 10.8. The number of aromatic nitrogens is 3. The Morgan fingerprint density at radius 1 is 1.29 bits per heavy atom. The average Bonchev–Trinajstić information content (AvgIpc) is 2.84. The number of fused-ring (bicyclic) bond motifs is 1. The van der Waals surface area contributed by atoms with Crippen LogP contribution in [-0.4, -0.2) is 26.7 Å². The van der Waals surface area contributed by atoms with Gasteiger partial charge in [0.1, 0.15) is 5.69 Å². The van der Waals surface area contributed by atoms with Crippen LogP contribution in [0.2, 0.25) is 0 Å². The summed E-state index contributed by atoms with van der Waals surface area (Å²) >= 11 is 0. The summed E-state index contributed by atoms with van der Waals surface area (Å²) in [4.78, 5) is 27.1. The van der Waals surface area contributed by atoms with Crippen LogP contribution in [0.25, 0.3) is 10.8 Å². The summed E-state index contributed by atoms with van der Waals surface area (Å²) < 4.78 is 1.86. The number of nitrogens with one attached hydrogen (secondary N) is 2. The lowest BCUT2D eigenvalue weighted by Crippen LogP contribution is -2.37. The first kappa shape index (κ1) is 16.0. The van der Waals surface area contributed by atoms with Gasteiger partial charge in [0.25, 0.3) is 11.5 Å². The predicted molar refractivity (Wildman–Crippen MR) is 93.2 cm³/mol. The highest BCUT2D eigenvalue weighted by Crippen LogP contribution is 2.10. The minimum atomic E-state index is -0.299. The maximum absolute atomic E-state index is 12.4. The van der Waals surface area contributed by atoms with Crippen molar-refractivity contribution < 1.29 is 4.79 Å². The number of carbonyl (C=O) groups excluding carboxylic acids is 1. The van der Waals surface area contributed by atoms with Crippen LogP contribution in [0, 0.1) is 13.8 Å². The quantitative estimate of drug-likeness (QED) is 0.772. The number of amides is 1. The number of hydrogen-bond donors (Lipinski definition) is 2. The fourth-order valence-corrected chi connectivity index (χ4v) is 2.80. The van der Waals surface area contributed by atoms with Gasteiger partial charge < -0.3 is 10.3 Å². The Bertz CT molecular complexity index is 955. The number of hydrogen-bond acceptors (Lipinski definition) is 3. The molecule has 0 bridgehead atoms. The zero-order chi connectivity index (χ0) is 17.3. The topological polar surface area (TPSA) is 79.8 Å². The molecule has 3 rings (SSSR count). The molecule has 1 amide bonds. The van der Waals surface area contributed by atoms with E-state index in [1.165, 1.54) is 0 Å². The number of benzene rings is 1. The Morgan fingerprint density at radius 2 is 2.04 bits per heavy atom. The van der Waals surface area contributed by atoms with Crippen LogP contribution in [0.4, 0.5) is 0 Å². The maximum atomic E-state index is 12.4.